The Morgan fingerprint density at radius 1 is 1.28 bits per heavy atom. The van der Waals surface area contributed by atoms with Gasteiger partial charge >= 0.3 is 0 Å². The number of hydrogen-bond acceptors (Lipinski definition) is 4. The number of hydrogen-bond donors (Lipinski definition) is 1. The van der Waals surface area contributed by atoms with Gasteiger partial charge in [0.1, 0.15) is 17.2 Å². The molecule has 0 fully saturated rings. The number of nitrogens with two attached hydrogens (primary N) is 1. The van der Waals surface area contributed by atoms with E-state index < -0.39 is 0 Å². The summed E-state index contributed by atoms with van der Waals surface area (Å²) in [5.41, 5.74) is 8.56. The Kier molecular flexibility index (Phi) is 3.53. The molecule has 2 rings (SSSR count). The van der Waals surface area contributed by atoms with Crippen LogP contribution in [0.2, 0.25) is 0 Å². The molecule has 18 heavy (non-hydrogen) atoms. The molecule has 0 radical (unpaired) electrons. The Balaban J connectivity index is 2.52. The van der Waals surface area contributed by atoms with Crippen molar-refractivity contribution < 1.29 is 9.47 Å². The minimum atomic E-state index is 0.476. The first-order valence-electron chi connectivity index (χ1n) is 5.67. The van der Waals surface area contributed by atoms with Gasteiger partial charge in [-0.3, -0.25) is 0 Å². The summed E-state index contributed by atoms with van der Waals surface area (Å²) >= 11 is 0. The highest BCUT2D eigenvalue weighted by Gasteiger charge is 2.12. The summed E-state index contributed by atoms with van der Waals surface area (Å²) in [4.78, 5) is 0. The van der Waals surface area contributed by atoms with Gasteiger partial charge in [-0.1, -0.05) is 0 Å². The molecule has 0 saturated carbocycles. The van der Waals surface area contributed by atoms with Crippen molar-refractivity contribution in [1.29, 1.82) is 0 Å². The van der Waals surface area contributed by atoms with Gasteiger partial charge in [0.15, 0.2) is 0 Å². The van der Waals surface area contributed by atoms with Crippen LogP contribution in [0.1, 0.15) is 11.3 Å². The molecule has 96 valence electrons. The highest BCUT2D eigenvalue weighted by atomic mass is 16.5. The third-order valence-electron chi connectivity index (χ3n) is 2.95. The average Bonchev–Trinajstić information content (AvgIpc) is 2.78. The molecule has 5 heteroatoms. The first-order chi connectivity index (χ1) is 8.71. The molecule has 0 spiro atoms. The number of ether oxygens (including phenoxy) is 2. The van der Waals surface area contributed by atoms with Gasteiger partial charge in [-0.05, 0) is 19.1 Å². The number of benzene rings is 1. The summed E-state index contributed by atoms with van der Waals surface area (Å²) in [5, 5.41) is 4.34. The first kappa shape index (κ1) is 12.4. The van der Waals surface area contributed by atoms with Crippen molar-refractivity contribution in [2.45, 2.75) is 13.5 Å². The fourth-order valence-corrected chi connectivity index (χ4v) is 1.85. The summed E-state index contributed by atoms with van der Waals surface area (Å²) in [6.45, 7) is 2.46. The maximum Gasteiger partial charge on any atom is 0.148 e. The molecule has 0 saturated heterocycles. The molecule has 5 nitrogen and oxygen atoms in total. The zero-order valence-electron chi connectivity index (χ0n) is 10.8. The Hall–Kier alpha value is -2.01. The molecule has 0 aliphatic rings. The van der Waals surface area contributed by atoms with Gasteiger partial charge in [-0.15, -0.1) is 0 Å². The second-order valence-corrected chi connectivity index (χ2v) is 3.91. The fraction of sp³-hybridized carbons (Fsp3) is 0.308. The van der Waals surface area contributed by atoms with Crippen LogP contribution in [-0.2, 0) is 6.54 Å². The number of aromatic nitrogens is 2. The van der Waals surface area contributed by atoms with Gasteiger partial charge in [0.2, 0.25) is 0 Å². The summed E-state index contributed by atoms with van der Waals surface area (Å²) in [7, 11) is 3.25. The highest BCUT2D eigenvalue weighted by Crippen LogP contribution is 2.28. The summed E-state index contributed by atoms with van der Waals surface area (Å²) < 4.78 is 12.4. The molecular weight excluding hydrogens is 230 g/mol. The van der Waals surface area contributed by atoms with Crippen molar-refractivity contribution in [2.24, 2.45) is 5.73 Å². The van der Waals surface area contributed by atoms with Crippen LogP contribution in [0.4, 0.5) is 0 Å². The van der Waals surface area contributed by atoms with Crippen LogP contribution >= 0.6 is 0 Å². The molecule has 0 aliphatic heterocycles. The van der Waals surface area contributed by atoms with Gasteiger partial charge in [-0.25, -0.2) is 4.68 Å². The van der Waals surface area contributed by atoms with E-state index in [1.807, 2.05) is 29.8 Å². The molecule has 1 heterocycles. The van der Waals surface area contributed by atoms with E-state index in [9.17, 15) is 0 Å². The van der Waals surface area contributed by atoms with Crippen LogP contribution in [0.5, 0.6) is 11.5 Å². The van der Waals surface area contributed by atoms with Crippen molar-refractivity contribution >= 4 is 0 Å². The predicted molar refractivity (Wildman–Crippen MR) is 69.3 cm³/mol. The third-order valence-corrected chi connectivity index (χ3v) is 2.95. The number of methoxy groups -OCH3 is 2. The van der Waals surface area contributed by atoms with Crippen LogP contribution in [0.25, 0.3) is 5.69 Å². The third kappa shape index (κ3) is 2.04. The van der Waals surface area contributed by atoms with Gasteiger partial charge < -0.3 is 15.2 Å². The van der Waals surface area contributed by atoms with Crippen LogP contribution in [0, 0.1) is 6.92 Å². The van der Waals surface area contributed by atoms with Crippen molar-refractivity contribution in [3.8, 4) is 17.2 Å². The zero-order valence-corrected chi connectivity index (χ0v) is 10.8. The van der Waals surface area contributed by atoms with E-state index in [2.05, 4.69) is 5.10 Å². The second kappa shape index (κ2) is 5.10. The van der Waals surface area contributed by atoms with Crippen molar-refractivity contribution in [1.82, 2.24) is 9.78 Å². The Morgan fingerprint density at radius 2 is 2.06 bits per heavy atom. The van der Waals surface area contributed by atoms with Gasteiger partial charge in [0, 0.05) is 23.9 Å². The van der Waals surface area contributed by atoms with Crippen LogP contribution in [0.15, 0.2) is 24.4 Å². The standard InChI is InChI=1S/C13H17N3O2/c1-9-10(7-14)8-15-16(9)12-5-4-11(17-2)6-13(12)18-3/h4-6,8H,7,14H2,1-3H3. The zero-order chi connectivity index (χ0) is 13.1. The van der Waals surface area contributed by atoms with Crippen molar-refractivity contribution in [3.63, 3.8) is 0 Å². The van der Waals surface area contributed by atoms with E-state index in [1.54, 1.807) is 20.4 Å². The van der Waals surface area contributed by atoms with E-state index in [4.69, 9.17) is 15.2 Å². The lowest BCUT2D eigenvalue weighted by atomic mass is 10.2. The lowest BCUT2D eigenvalue weighted by Crippen LogP contribution is -2.04. The van der Waals surface area contributed by atoms with Gasteiger partial charge in [0.25, 0.3) is 0 Å². The van der Waals surface area contributed by atoms with Crippen molar-refractivity contribution in [3.05, 3.63) is 35.7 Å². The molecule has 0 bridgehead atoms. The lowest BCUT2D eigenvalue weighted by Gasteiger charge is -2.12. The SMILES string of the molecule is COc1ccc(-n2ncc(CN)c2C)c(OC)c1. The summed E-state index contributed by atoms with van der Waals surface area (Å²) in [6, 6.07) is 5.62. The normalized spacial score (nSPS) is 10.4. The molecule has 0 aliphatic carbocycles. The molecule has 1 aromatic heterocycles. The highest BCUT2D eigenvalue weighted by molar-refractivity contribution is 5.51. The van der Waals surface area contributed by atoms with Gasteiger partial charge in [-0.2, -0.15) is 5.10 Å². The van der Waals surface area contributed by atoms with E-state index in [-0.39, 0.29) is 0 Å². The van der Waals surface area contributed by atoms with E-state index in [0.717, 1.165) is 22.7 Å². The van der Waals surface area contributed by atoms with Gasteiger partial charge in [0.05, 0.1) is 20.4 Å². The second-order valence-electron chi connectivity index (χ2n) is 3.91. The Labute approximate surface area is 106 Å². The van der Waals surface area contributed by atoms with Crippen molar-refractivity contribution in [2.75, 3.05) is 14.2 Å². The lowest BCUT2D eigenvalue weighted by molar-refractivity contribution is 0.392. The monoisotopic (exact) mass is 247 g/mol. The molecular formula is C13H17N3O2. The first-order valence-corrected chi connectivity index (χ1v) is 5.67. The minimum Gasteiger partial charge on any atom is -0.497 e. The quantitative estimate of drug-likeness (QED) is 0.892. The van der Waals surface area contributed by atoms with E-state index >= 15 is 0 Å². The Bertz CT molecular complexity index is 549. The molecule has 1 aromatic carbocycles. The maximum absolute atomic E-state index is 5.65. The minimum absolute atomic E-state index is 0.476. The molecule has 2 aromatic rings. The van der Waals surface area contributed by atoms with Crippen LogP contribution < -0.4 is 15.2 Å². The Morgan fingerprint density at radius 3 is 2.61 bits per heavy atom. The summed E-state index contributed by atoms with van der Waals surface area (Å²) in [6.07, 6.45) is 1.78. The van der Waals surface area contributed by atoms with Crippen LogP contribution in [-0.4, -0.2) is 24.0 Å². The molecule has 2 N–H and O–H groups in total. The smallest absolute Gasteiger partial charge is 0.148 e. The number of rotatable bonds is 4. The average molecular weight is 247 g/mol. The molecule has 0 atom stereocenters. The fourth-order valence-electron chi connectivity index (χ4n) is 1.85. The molecule has 0 amide bonds. The topological polar surface area (TPSA) is 62.3 Å². The van der Waals surface area contributed by atoms with E-state index in [1.165, 1.54) is 0 Å². The van der Waals surface area contributed by atoms with E-state index in [0.29, 0.717) is 12.3 Å². The predicted octanol–water partition coefficient (Wildman–Crippen LogP) is 1.66. The molecule has 0 unspecified atom stereocenters. The summed E-state index contributed by atoms with van der Waals surface area (Å²) in [5.74, 6) is 1.46. The largest absolute Gasteiger partial charge is 0.497 e. The number of nitrogens with zero attached hydrogens (tertiary/aromatic N) is 2. The maximum atomic E-state index is 5.65. The van der Waals surface area contributed by atoms with Crippen LogP contribution in [0.3, 0.4) is 0 Å².